The molecule has 1 aromatic heterocycles. The number of carbonyl (C=O) groups excluding carboxylic acids is 2. The van der Waals surface area contributed by atoms with Crippen LogP contribution in [0.1, 0.15) is 21.6 Å². The number of aromatic nitrogens is 2. The Morgan fingerprint density at radius 3 is 2.80 bits per heavy atom. The van der Waals surface area contributed by atoms with Gasteiger partial charge in [0.1, 0.15) is 0 Å². The summed E-state index contributed by atoms with van der Waals surface area (Å²) in [6, 6.07) is 8.98. The van der Waals surface area contributed by atoms with Crippen molar-refractivity contribution < 1.29 is 9.59 Å². The number of hydrogen-bond acceptors (Lipinski definition) is 3. The number of hydrogen-bond donors (Lipinski definition) is 3. The Balaban J connectivity index is 1.77. The lowest BCUT2D eigenvalue weighted by Crippen LogP contribution is -2.36. The molecule has 0 bridgehead atoms. The van der Waals surface area contributed by atoms with Crippen LogP contribution in [0.15, 0.2) is 36.5 Å². The molecule has 2 aromatic rings. The zero-order chi connectivity index (χ0) is 14.4. The van der Waals surface area contributed by atoms with Gasteiger partial charge in [0, 0.05) is 11.8 Å². The van der Waals surface area contributed by atoms with Crippen LogP contribution < -0.4 is 10.6 Å². The van der Waals surface area contributed by atoms with Gasteiger partial charge in [0.25, 0.3) is 5.91 Å². The molecule has 2 amide bonds. The number of rotatable bonds is 5. The number of carbonyl (C=O) groups is 2. The minimum absolute atomic E-state index is 0.0547. The highest BCUT2D eigenvalue weighted by atomic mass is 16.2. The largest absolute Gasteiger partial charge is 0.349 e. The Hall–Kier alpha value is -2.63. The van der Waals surface area contributed by atoms with Crippen LogP contribution in [0, 0.1) is 6.92 Å². The van der Waals surface area contributed by atoms with E-state index in [-0.39, 0.29) is 18.4 Å². The van der Waals surface area contributed by atoms with E-state index in [1.807, 2.05) is 19.1 Å². The lowest BCUT2D eigenvalue weighted by molar-refractivity contribution is -0.120. The first-order chi connectivity index (χ1) is 9.65. The van der Waals surface area contributed by atoms with Crippen molar-refractivity contribution in [2.75, 3.05) is 6.54 Å². The normalized spacial score (nSPS) is 10.1. The maximum Gasteiger partial charge on any atom is 0.251 e. The molecule has 0 unspecified atom stereocenters. The average Bonchev–Trinajstić information content (AvgIpc) is 2.95. The molecule has 20 heavy (non-hydrogen) atoms. The molecule has 0 aliphatic carbocycles. The topological polar surface area (TPSA) is 86.9 Å². The van der Waals surface area contributed by atoms with Crippen molar-refractivity contribution in [3.63, 3.8) is 0 Å². The maximum absolute atomic E-state index is 11.8. The lowest BCUT2D eigenvalue weighted by atomic mass is 10.1. The minimum atomic E-state index is -0.259. The second kappa shape index (κ2) is 6.51. The molecule has 0 saturated carbocycles. The Labute approximate surface area is 116 Å². The summed E-state index contributed by atoms with van der Waals surface area (Å²) in [6.07, 6.45) is 1.61. The zero-order valence-electron chi connectivity index (χ0n) is 11.1. The van der Waals surface area contributed by atoms with Gasteiger partial charge in [-0.05, 0) is 25.1 Å². The standard InChI is InChI=1S/C14H16N4O2/c1-10-3-2-4-11(7-10)14(20)16-9-13(19)15-8-12-5-6-17-18-12/h2-7H,8-9H2,1H3,(H,15,19)(H,16,20)(H,17,18). The Bertz CT molecular complexity index is 593. The number of nitrogens with one attached hydrogen (secondary N) is 3. The fourth-order valence-electron chi connectivity index (χ4n) is 1.69. The van der Waals surface area contributed by atoms with Crippen LogP contribution >= 0.6 is 0 Å². The van der Waals surface area contributed by atoms with Gasteiger partial charge >= 0.3 is 0 Å². The molecule has 0 radical (unpaired) electrons. The molecule has 0 saturated heterocycles. The minimum Gasteiger partial charge on any atom is -0.349 e. The molecular weight excluding hydrogens is 256 g/mol. The van der Waals surface area contributed by atoms with Crippen molar-refractivity contribution in [3.8, 4) is 0 Å². The number of H-pyrrole nitrogens is 1. The first-order valence-electron chi connectivity index (χ1n) is 6.25. The van der Waals surface area contributed by atoms with E-state index in [1.165, 1.54) is 0 Å². The van der Waals surface area contributed by atoms with Crippen LogP contribution in [0.3, 0.4) is 0 Å². The van der Waals surface area contributed by atoms with Gasteiger partial charge in [0.05, 0.1) is 18.8 Å². The van der Waals surface area contributed by atoms with Gasteiger partial charge in [-0.2, -0.15) is 5.10 Å². The van der Waals surface area contributed by atoms with Crippen LogP contribution in [0.25, 0.3) is 0 Å². The first kappa shape index (κ1) is 13.8. The molecule has 1 aromatic carbocycles. The van der Waals surface area contributed by atoms with Gasteiger partial charge in [-0.3, -0.25) is 14.7 Å². The molecule has 3 N–H and O–H groups in total. The SMILES string of the molecule is Cc1cccc(C(=O)NCC(=O)NCc2ccn[nH]2)c1. The highest BCUT2D eigenvalue weighted by molar-refractivity contribution is 5.96. The second-order valence-corrected chi connectivity index (χ2v) is 4.41. The van der Waals surface area contributed by atoms with E-state index in [9.17, 15) is 9.59 Å². The number of amides is 2. The molecule has 2 rings (SSSR count). The molecular formula is C14H16N4O2. The predicted molar refractivity (Wildman–Crippen MR) is 73.9 cm³/mol. The number of aryl methyl sites for hydroxylation is 1. The molecule has 0 atom stereocenters. The van der Waals surface area contributed by atoms with Gasteiger partial charge in [0.15, 0.2) is 0 Å². The van der Waals surface area contributed by atoms with Gasteiger partial charge in [-0.15, -0.1) is 0 Å². The summed E-state index contributed by atoms with van der Waals surface area (Å²) in [7, 11) is 0. The van der Waals surface area contributed by atoms with Crippen LogP contribution in [0.5, 0.6) is 0 Å². The van der Waals surface area contributed by atoms with E-state index >= 15 is 0 Å². The van der Waals surface area contributed by atoms with Gasteiger partial charge in [-0.25, -0.2) is 0 Å². The van der Waals surface area contributed by atoms with Crippen molar-refractivity contribution in [2.24, 2.45) is 0 Å². The summed E-state index contributed by atoms with van der Waals surface area (Å²) >= 11 is 0. The van der Waals surface area contributed by atoms with Crippen molar-refractivity contribution >= 4 is 11.8 Å². The highest BCUT2D eigenvalue weighted by Gasteiger charge is 2.08. The third-order valence-corrected chi connectivity index (χ3v) is 2.72. The summed E-state index contributed by atoms with van der Waals surface area (Å²) in [5.41, 5.74) is 2.36. The van der Waals surface area contributed by atoms with E-state index in [1.54, 1.807) is 24.4 Å². The summed E-state index contributed by atoms with van der Waals surface area (Å²) in [5.74, 6) is -0.508. The average molecular weight is 272 g/mol. The summed E-state index contributed by atoms with van der Waals surface area (Å²) in [5, 5.41) is 11.8. The van der Waals surface area contributed by atoms with Gasteiger partial charge in [0.2, 0.25) is 5.91 Å². The Morgan fingerprint density at radius 1 is 1.25 bits per heavy atom. The molecule has 1 heterocycles. The van der Waals surface area contributed by atoms with Crippen molar-refractivity contribution in [1.82, 2.24) is 20.8 Å². The van der Waals surface area contributed by atoms with Crippen molar-refractivity contribution in [1.29, 1.82) is 0 Å². The molecule has 6 heteroatoms. The molecule has 0 spiro atoms. The van der Waals surface area contributed by atoms with E-state index in [0.29, 0.717) is 12.1 Å². The quantitative estimate of drug-likeness (QED) is 0.751. The second-order valence-electron chi connectivity index (χ2n) is 4.41. The summed E-state index contributed by atoms with van der Waals surface area (Å²) < 4.78 is 0. The molecule has 0 fully saturated rings. The lowest BCUT2D eigenvalue weighted by Gasteiger charge is -2.06. The smallest absolute Gasteiger partial charge is 0.251 e. The molecule has 0 aliphatic heterocycles. The fourth-order valence-corrected chi connectivity index (χ4v) is 1.69. The fraction of sp³-hybridized carbons (Fsp3) is 0.214. The van der Waals surface area contributed by atoms with Crippen LogP contribution in [0.4, 0.5) is 0 Å². The summed E-state index contributed by atoms with van der Waals surface area (Å²) in [4.78, 5) is 23.4. The zero-order valence-corrected chi connectivity index (χ0v) is 11.1. The van der Waals surface area contributed by atoms with Crippen LogP contribution in [-0.2, 0) is 11.3 Å². The van der Waals surface area contributed by atoms with Gasteiger partial charge in [-0.1, -0.05) is 17.7 Å². The van der Waals surface area contributed by atoms with E-state index < -0.39 is 0 Å². The van der Waals surface area contributed by atoms with Crippen molar-refractivity contribution in [3.05, 3.63) is 53.3 Å². The summed E-state index contributed by atoms with van der Waals surface area (Å²) in [6.45, 7) is 2.22. The molecule has 104 valence electrons. The van der Waals surface area contributed by atoms with E-state index in [4.69, 9.17) is 0 Å². The monoisotopic (exact) mass is 272 g/mol. The van der Waals surface area contributed by atoms with Gasteiger partial charge < -0.3 is 10.6 Å². The van der Waals surface area contributed by atoms with E-state index in [2.05, 4.69) is 20.8 Å². The number of benzene rings is 1. The van der Waals surface area contributed by atoms with Crippen LogP contribution in [0.2, 0.25) is 0 Å². The molecule has 6 nitrogen and oxygen atoms in total. The maximum atomic E-state index is 11.8. The predicted octanol–water partition coefficient (Wildman–Crippen LogP) is 0.764. The van der Waals surface area contributed by atoms with Crippen LogP contribution in [-0.4, -0.2) is 28.6 Å². The number of nitrogens with zero attached hydrogens (tertiary/aromatic N) is 1. The third-order valence-electron chi connectivity index (χ3n) is 2.72. The third kappa shape index (κ3) is 3.94. The highest BCUT2D eigenvalue weighted by Crippen LogP contribution is 2.03. The first-order valence-corrected chi connectivity index (χ1v) is 6.25. The Morgan fingerprint density at radius 2 is 2.10 bits per heavy atom. The molecule has 0 aliphatic rings. The Kier molecular flexibility index (Phi) is 4.49. The van der Waals surface area contributed by atoms with Crippen molar-refractivity contribution in [2.45, 2.75) is 13.5 Å². The van der Waals surface area contributed by atoms with E-state index in [0.717, 1.165) is 11.3 Å². The number of aromatic amines is 1.